The van der Waals surface area contributed by atoms with Crippen LogP contribution in [0.25, 0.3) is 11.0 Å². The van der Waals surface area contributed by atoms with Gasteiger partial charge in [-0.1, -0.05) is 20.8 Å². The predicted molar refractivity (Wildman–Crippen MR) is 81.9 cm³/mol. The van der Waals surface area contributed by atoms with Crippen LogP contribution in [0.2, 0.25) is 0 Å². The summed E-state index contributed by atoms with van der Waals surface area (Å²) in [6.45, 7) is 17.7. The van der Waals surface area contributed by atoms with E-state index in [0.29, 0.717) is 0 Å². The lowest BCUT2D eigenvalue weighted by Gasteiger charge is -2.22. The van der Waals surface area contributed by atoms with Crippen molar-refractivity contribution in [3.63, 3.8) is 0 Å². The van der Waals surface area contributed by atoms with Gasteiger partial charge in [-0.3, -0.25) is 4.68 Å². The summed E-state index contributed by atoms with van der Waals surface area (Å²) in [5.74, 6) is 0. The average Bonchev–Trinajstić information content (AvgIpc) is 2.72. The molecule has 2 heterocycles. The fraction of sp³-hybridized carbons (Fsp3) is 0.688. The number of hydrogen-bond acceptors (Lipinski definition) is 1. The number of rotatable bonds is 0. The van der Waals surface area contributed by atoms with Gasteiger partial charge in [0, 0.05) is 18.2 Å². The molecule has 2 rings (SSSR count). The summed E-state index contributed by atoms with van der Waals surface area (Å²) in [5.41, 5.74) is 6.50. The Balaban J connectivity index is 2.98. The normalized spacial score (nSPS) is 13.5. The van der Waals surface area contributed by atoms with Crippen molar-refractivity contribution < 1.29 is 0 Å². The van der Waals surface area contributed by atoms with Crippen molar-refractivity contribution in [3.8, 4) is 0 Å². The molecular formula is C16H27N3. The van der Waals surface area contributed by atoms with Crippen LogP contribution in [0.5, 0.6) is 0 Å². The molecule has 0 radical (unpaired) electrons. The largest absolute Gasteiger partial charge is 0.345 e. The third kappa shape index (κ3) is 1.99. The lowest BCUT2D eigenvalue weighted by molar-refractivity contribution is 0.359. The van der Waals surface area contributed by atoms with E-state index in [4.69, 9.17) is 5.10 Å². The van der Waals surface area contributed by atoms with Gasteiger partial charge in [0.05, 0.1) is 22.3 Å². The summed E-state index contributed by atoms with van der Waals surface area (Å²) in [6.07, 6.45) is 0. The van der Waals surface area contributed by atoms with Gasteiger partial charge in [-0.15, -0.1) is 0 Å². The Morgan fingerprint density at radius 1 is 0.895 bits per heavy atom. The summed E-state index contributed by atoms with van der Waals surface area (Å²) in [7, 11) is 2.15. The maximum absolute atomic E-state index is 4.95. The van der Waals surface area contributed by atoms with E-state index < -0.39 is 0 Å². The van der Waals surface area contributed by atoms with Crippen molar-refractivity contribution >= 4 is 11.0 Å². The van der Waals surface area contributed by atoms with Gasteiger partial charge in [0.15, 0.2) is 0 Å². The van der Waals surface area contributed by atoms with Crippen LogP contribution < -0.4 is 0 Å². The molecule has 0 saturated heterocycles. The molecule has 2 aromatic heterocycles. The molecule has 0 fully saturated rings. The predicted octanol–water partition coefficient (Wildman–Crippen LogP) is 4.04. The van der Waals surface area contributed by atoms with E-state index >= 15 is 0 Å². The molecule has 0 aliphatic carbocycles. The zero-order valence-electron chi connectivity index (χ0n) is 13.8. The second kappa shape index (κ2) is 3.87. The Labute approximate surface area is 116 Å². The van der Waals surface area contributed by atoms with Crippen molar-refractivity contribution in [1.29, 1.82) is 0 Å². The maximum atomic E-state index is 4.95. The summed E-state index contributed by atoms with van der Waals surface area (Å²) in [5, 5.41) is 4.95. The molecule has 3 nitrogen and oxygen atoms in total. The molecular weight excluding hydrogens is 234 g/mol. The second-order valence-electron chi connectivity index (χ2n) is 7.65. The van der Waals surface area contributed by atoms with Crippen LogP contribution in [0.4, 0.5) is 0 Å². The maximum Gasteiger partial charge on any atom is 0.0921 e. The number of nitrogens with zero attached hydrogens (tertiary/aromatic N) is 3. The highest BCUT2D eigenvalue weighted by Crippen LogP contribution is 2.35. The third-order valence-electron chi connectivity index (χ3n) is 3.94. The van der Waals surface area contributed by atoms with Crippen LogP contribution in [0.3, 0.4) is 0 Å². The topological polar surface area (TPSA) is 22.8 Å². The van der Waals surface area contributed by atoms with E-state index in [-0.39, 0.29) is 11.0 Å². The quantitative estimate of drug-likeness (QED) is 0.701. The number of aryl methyl sites for hydroxylation is 2. The summed E-state index contributed by atoms with van der Waals surface area (Å²) in [6, 6.07) is 0. The van der Waals surface area contributed by atoms with Crippen LogP contribution in [-0.4, -0.2) is 14.3 Å². The highest BCUT2D eigenvalue weighted by atomic mass is 15.3. The first kappa shape index (κ1) is 14.2. The van der Waals surface area contributed by atoms with Crippen molar-refractivity contribution in [1.82, 2.24) is 14.3 Å². The average molecular weight is 261 g/mol. The number of fused-ring (bicyclic) bond motifs is 1. The van der Waals surface area contributed by atoms with Crippen LogP contribution >= 0.6 is 0 Å². The van der Waals surface area contributed by atoms with E-state index in [0.717, 1.165) is 0 Å². The van der Waals surface area contributed by atoms with Gasteiger partial charge in [-0.05, 0) is 40.2 Å². The molecule has 19 heavy (non-hydrogen) atoms. The summed E-state index contributed by atoms with van der Waals surface area (Å²) in [4.78, 5) is 0. The fourth-order valence-electron chi connectivity index (χ4n) is 2.65. The molecule has 2 aromatic rings. The molecule has 0 amide bonds. The second-order valence-corrected chi connectivity index (χ2v) is 7.65. The zero-order chi connectivity index (χ0) is 14.7. The van der Waals surface area contributed by atoms with Crippen LogP contribution in [-0.2, 0) is 18.0 Å². The Morgan fingerprint density at radius 3 is 1.84 bits per heavy atom. The lowest BCUT2D eigenvalue weighted by Crippen LogP contribution is -2.24. The van der Waals surface area contributed by atoms with Gasteiger partial charge in [0.25, 0.3) is 0 Å². The molecule has 0 aliphatic heterocycles. The monoisotopic (exact) mass is 261 g/mol. The minimum Gasteiger partial charge on any atom is -0.345 e. The van der Waals surface area contributed by atoms with Crippen molar-refractivity contribution in [3.05, 3.63) is 17.0 Å². The lowest BCUT2D eigenvalue weighted by atomic mass is 9.91. The first-order valence-electron chi connectivity index (χ1n) is 7.02. The van der Waals surface area contributed by atoms with Crippen molar-refractivity contribution in [2.45, 2.75) is 66.3 Å². The highest BCUT2D eigenvalue weighted by Gasteiger charge is 2.30. The molecule has 0 aromatic carbocycles. The Bertz CT molecular complexity index is 575. The Kier molecular flexibility index (Phi) is 2.89. The van der Waals surface area contributed by atoms with E-state index in [1.54, 1.807) is 0 Å². The van der Waals surface area contributed by atoms with Gasteiger partial charge in [0.2, 0.25) is 0 Å². The minimum atomic E-state index is 0.000301. The standard InChI is InChI=1S/C16H27N3/c1-10-11(2)18(9)13-12(10)19(16(6,7)8)17-14(13)15(3,4)5/h1-9H3. The molecule has 0 unspecified atom stereocenters. The third-order valence-corrected chi connectivity index (χ3v) is 3.94. The molecule has 106 valence electrons. The molecule has 0 N–H and O–H groups in total. The fourth-order valence-corrected chi connectivity index (χ4v) is 2.65. The first-order valence-corrected chi connectivity index (χ1v) is 7.02. The molecule has 0 atom stereocenters. The minimum absolute atomic E-state index is 0.000301. The van der Waals surface area contributed by atoms with Gasteiger partial charge >= 0.3 is 0 Å². The smallest absolute Gasteiger partial charge is 0.0921 e. The van der Waals surface area contributed by atoms with Crippen molar-refractivity contribution in [2.24, 2.45) is 7.05 Å². The molecule has 0 spiro atoms. The van der Waals surface area contributed by atoms with E-state index in [2.05, 4.69) is 71.7 Å². The zero-order valence-corrected chi connectivity index (χ0v) is 13.8. The van der Waals surface area contributed by atoms with E-state index in [1.807, 2.05) is 0 Å². The van der Waals surface area contributed by atoms with E-state index in [9.17, 15) is 0 Å². The first-order chi connectivity index (χ1) is 8.46. The van der Waals surface area contributed by atoms with Crippen LogP contribution in [0.1, 0.15) is 58.5 Å². The molecule has 0 bridgehead atoms. The molecule has 0 saturated carbocycles. The summed E-state index contributed by atoms with van der Waals surface area (Å²) < 4.78 is 4.49. The van der Waals surface area contributed by atoms with Crippen LogP contribution in [0, 0.1) is 13.8 Å². The molecule has 3 heteroatoms. The Morgan fingerprint density at radius 2 is 1.42 bits per heavy atom. The van der Waals surface area contributed by atoms with E-state index in [1.165, 1.54) is 28.0 Å². The highest BCUT2D eigenvalue weighted by molar-refractivity contribution is 5.85. The van der Waals surface area contributed by atoms with Gasteiger partial charge in [0.1, 0.15) is 0 Å². The SMILES string of the molecule is Cc1c(C)n(C)c2c(C(C)(C)C)nn(C(C)(C)C)c12. The summed E-state index contributed by atoms with van der Waals surface area (Å²) >= 11 is 0. The number of aromatic nitrogens is 3. The van der Waals surface area contributed by atoms with Crippen LogP contribution in [0.15, 0.2) is 0 Å². The van der Waals surface area contributed by atoms with Crippen molar-refractivity contribution in [2.75, 3.05) is 0 Å². The van der Waals surface area contributed by atoms with Gasteiger partial charge in [-0.2, -0.15) is 5.10 Å². The van der Waals surface area contributed by atoms with Gasteiger partial charge < -0.3 is 4.57 Å². The Hall–Kier alpha value is -1.25. The number of hydrogen-bond donors (Lipinski definition) is 0. The van der Waals surface area contributed by atoms with Gasteiger partial charge in [-0.25, -0.2) is 0 Å². The molecule has 0 aliphatic rings.